The SMILES string of the molecule is OC1(CN2CCCCC2)CCN(Cc2ccc(Cl)s2)C1. The number of nitrogens with zero attached hydrogens (tertiary/aromatic N) is 2. The van der Waals surface area contributed by atoms with E-state index in [0.29, 0.717) is 0 Å². The van der Waals surface area contributed by atoms with Crippen LogP contribution in [0.2, 0.25) is 4.34 Å². The van der Waals surface area contributed by atoms with Crippen LogP contribution in [-0.2, 0) is 6.54 Å². The molecule has 1 N–H and O–H groups in total. The Labute approximate surface area is 130 Å². The minimum absolute atomic E-state index is 0.515. The number of likely N-dealkylation sites (tertiary alicyclic amines) is 2. The number of hydrogen-bond acceptors (Lipinski definition) is 4. The van der Waals surface area contributed by atoms with Crippen LogP contribution < -0.4 is 0 Å². The fourth-order valence-corrected chi connectivity index (χ4v) is 4.53. The van der Waals surface area contributed by atoms with E-state index in [9.17, 15) is 5.11 Å². The van der Waals surface area contributed by atoms with Crippen molar-refractivity contribution in [1.29, 1.82) is 0 Å². The van der Waals surface area contributed by atoms with Crippen LogP contribution in [0, 0.1) is 0 Å². The molecule has 0 aliphatic carbocycles. The van der Waals surface area contributed by atoms with Gasteiger partial charge in [0, 0.05) is 31.1 Å². The Hall–Kier alpha value is -0.130. The van der Waals surface area contributed by atoms with E-state index in [1.807, 2.05) is 6.07 Å². The molecule has 2 saturated heterocycles. The highest BCUT2D eigenvalue weighted by Crippen LogP contribution is 2.28. The molecule has 0 spiro atoms. The predicted octanol–water partition coefficient (Wildman–Crippen LogP) is 2.82. The molecule has 0 aromatic carbocycles. The Balaban J connectivity index is 1.52. The average Bonchev–Trinajstić information content (AvgIpc) is 2.98. The zero-order valence-corrected chi connectivity index (χ0v) is 13.4. The molecule has 0 amide bonds. The Morgan fingerprint density at radius 2 is 1.95 bits per heavy atom. The largest absolute Gasteiger partial charge is 0.387 e. The van der Waals surface area contributed by atoms with Crippen LogP contribution in [0.1, 0.15) is 30.6 Å². The topological polar surface area (TPSA) is 26.7 Å². The van der Waals surface area contributed by atoms with Crippen molar-refractivity contribution in [2.45, 2.75) is 37.8 Å². The van der Waals surface area contributed by atoms with Gasteiger partial charge in [0.25, 0.3) is 0 Å². The van der Waals surface area contributed by atoms with Gasteiger partial charge >= 0.3 is 0 Å². The first-order valence-corrected chi connectivity index (χ1v) is 8.74. The minimum Gasteiger partial charge on any atom is -0.387 e. The van der Waals surface area contributed by atoms with Crippen LogP contribution in [-0.4, -0.2) is 53.2 Å². The number of piperidine rings is 1. The molecule has 0 bridgehead atoms. The zero-order valence-electron chi connectivity index (χ0n) is 11.9. The van der Waals surface area contributed by atoms with Crippen LogP contribution in [0.5, 0.6) is 0 Å². The number of rotatable bonds is 4. The smallest absolute Gasteiger partial charge is 0.0931 e. The van der Waals surface area contributed by atoms with Gasteiger partial charge in [0.15, 0.2) is 0 Å². The lowest BCUT2D eigenvalue weighted by Gasteiger charge is -2.33. The summed E-state index contributed by atoms with van der Waals surface area (Å²) in [5.41, 5.74) is -0.515. The minimum atomic E-state index is -0.515. The molecule has 1 aromatic rings. The zero-order chi connectivity index (χ0) is 14.0. The maximum atomic E-state index is 10.8. The molecule has 1 aromatic heterocycles. The second kappa shape index (κ2) is 6.32. The quantitative estimate of drug-likeness (QED) is 0.926. The Kier molecular flexibility index (Phi) is 4.68. The van der Waals surface area contributed by atoms with Gasteiger partial charge in [0.2, 0.25) is 0 Å². The average molecular weight is 315 g/mol. The first-order valence-electron chi connectivity index (χ1n) is 7.54. The van der Waals surface area contributed by atoms with E-state index in [1.165, 1.54) is 24.1 Å². The molecule has 20 heavy (non-hydrogen) atoms. The highest BCUT2D eigenvalue weighted by Gasteiger charge is 2.37. The maximum absolute atomic E-state index is 10.8. The molecule has 1 atom stereocenters. The third-order valence-electron chi connectivity index (χ3n) is 4.39. The van der Waals surface area contributed by atoms with Gasteiger partial charge in [-0.25, -0.2) is 0 Å². The van der Waals surface area contributed by atoms with Gasteiger partial charge in [-0.05, 0) is 44.5 Å². The van der Waals surface area contributed by atoms with E-state index in [-0.39, 0.29) is 0 Å². The third kappa shape index (κ3) is 3.74. The molecule has 2 aliphatic rings. The van der Waals surface area contributed by atoms with Crippen molar-refractivity contribution in [1.82, 2.24) is 9.80 Å². The van der Waals surface area contributed by atoms with E-state index in [2.05, 4.69) is 15.9 Å². The fourth-order valence-electron chi connectivity index (χ4n) is 3.40. The fraction of sp³-hybridized carbons (Fsp3) is 0.733. The number of aliphatic hydroxyl groups is 1. The van der Waals surface area contributed by atoms with Gasteiger partial charge < -0.3 is 10.0 Å². The number of hydrogen-bond donors (Lipinski definition) is 1. The van der Waals surface area contributed by atoms with Gasteiger partial charge in [0.05, 0.1) is 9.94 Å². The Bertz CT molecular complexity index is 447. The van der Waals surface area contributed by atoms with Gasteiger partial charge in [-0.3, -0.25) is 4.90 Å². The molecule has 112 valence electrons. The summed E-state index contributed by atoms with van der Waals surface area (Å²) in [5.74, 6) is 0. The van der Waals surface area contributed by atoms with E-state index < -0.39 is 5.60 Å². The van der Waals surface area contributed by atoms with Gasteiger partial charge in [-0.15, -0.1) is 11.3 Å². The summed E-state index contributed by atoms with van der Waals surface area (Å²) in [6.07, 6.45) is 4.81. The summed E-state index contributed by atoms with van der Waals surface area (Å²) < 4.78 is 0.850. The van der Waals surface area contributed by atoms with E-state index >= 15 is 0 Å². The lowest BCUT2D eigenvalue weighted by Crippen LogP contribution is -2.46. The van der Waals surface area contributed by atoms with E-state index in [4.69, 9.17) is 11.6 Å². The summed E-state index contributed by atoms with van der Waals surface area (Å²) in [7, 11) is 0. The van der Waals surface area contributed by atoms with Crippen molar-refractivity contribution >= 4 is 22.9 Å². The number of halogens is 1. The normalized spacial score (nSPS) is 29.1. The molecule has 3 heterocycles. The highest BCUT2D eigenvalue weighted by atomic mass is 35.5. The summed E-state index contributed by atoms with van der Waals surface area (Å²) in [6.45, 7) is 5.85. The molecule has 3 rings (SSSR count). The number of thiophene rings is 1. The van der Waals surface area contributed by atoms with E-state index in [0.717, 1.165) is 50.0 Å². The van der Waals surface area contributed by atoms with Gasteiger partial charge in [-0.1, -0.05) is 18.0 Å². The first-order chi connectivity index (χ1) is 9.63. The van der Waals surface area contributed by atoms with Crippen molar-refractivity contribution in [2.24, 2.45) is 0 Å². The lowest BCUT2D eigenvalue weighted by atomic mass is 10.0. The Morgan fingerprint density at radius 3 is 2.65 bits per heavy atom. The van der Waals surface area contributed by atoms with Crippen LogP contribution in [0.15, 0.2) is 12.1 Å². The standard InChI is InChI=1S/C15H23ClN2OS/c16-14-5-4-13(20-14)10-18-9-6-15(19,12-18)11-17-7-2-1-3-8-17/h4-5,19H,1-3,6-12H2. The molecule has 2 fully saturated rings. The second-order valence-electron chi connectivity index (χ2n) is 6.23. The monoisotopic (exact) mass is 314 g/mol. The Morgan fingerprint density at radius 1 is 1.15 bits per heavy atom. The van der Waals surface area contributed by atoms with Crippen molar-refractivity contribution < 1.29 is 5.11 Å². The third-order valence-corrected chi connectivity index (χ3v) is 5.60. The van der Waals surface area contributed by atoms with Crippen molar-refractivity contribution in [2.75, 3.05) is 32.7 Å². The highest BCUT2D eigenvalue weighted by molar-refractivity contribution is 7.16. The summed E-state index contributed by atoms with van der Waals surface area (Å²) in [6, 6.07) is 4.05. The van der Waals surface area contributed by atoms with Gasteiger partial charge in [0.1, 0.15) is 0 Å². The molecular weight excluding hydrogens is 292 g/mol. The van der Waals surface area contributed by atoms with Crippen molar-refractivity contribution in [3.8, 4) is 0 Å². The molecule has 0 saturated carbocycles. The first kappa shape index (κ1) is 14.8. The van der Waals surface area contributed by atoms with Crippen LogP contribution >= 0.6 is 22.9 Å². The molecule has 3 nitrogen and oxygen atoms in total. The summed E-state index contributed by atoms with van der Waals surface area (Å²) in [5, 5.41) is 10.8. The van der Waals surface area contributed by atoms with E-state index in [1.54, 1.807) is 11.3 Å². The summed E-state index contributed by atoms with van der Waals surface area (Å²) >= 11 is 7.62. The van der Waals surface area contributed by atoms with Gasteiger partial charge in [-0.2, -0.15) is 0 Å². The molecule has 2 aliphatic heterocycles. The lowest BCUT2D eigenvalue weighted by molar-refractivity contribution is 0.00641. The summed E-state index contributed by atoms with van der Waals surface area (Å²) in [4.78, 5) is 6.08. The van der Waals surface area contributed by atoms with Crippen LogP contribution in [0.3, 0.4) is 0 Å². The van der Waals surface area contributed by atoms with Crippen molar-refractivity contribution in [3.05, 3.63) is 21.3 Å². The second-order valence-corrected chi connectivity index (χ2v) is 8.03. The van der Waals surface area contributed by atoms with Crippen LogP contribution in [0.4, 0.5) is 0 Å². The number of β-amino-alcohol motifs (C(OH)–C–C–N with tert-alkyl or cyclic N) is 1. The molecule has 0 radical (unpaired) electrons. The molecular formula is C15H23ClN2OS. The van der Waals surface area contributed by atoms with Crippen molar-refractivity contribution in [3.63, 3.8) is 0 Å². The maximum Gasteiger partial charge on any atom is 0.0931 e. The molecule has 1 unspecified atom stereocenters. The predicted molar refractivity (Wildman–Crippen MR) is 84.5 cm³/mol. The van der Waals surface area contributed by atoms with Crippen LogP contribution in [0.25, 0.3) is 0 Å². The molecule has 5 heteroatoms.